The van der Waals surface area contributed by atoms with Crippen LogP contribution in [0.5, 0.6) is 0 Å². The zero-order chi connectivity index (χ0) is 17.4. The monoisotopic (exact) mass is 416 g/mol. The van der Waals surface area contributed by atoms with Crippen molar-refractivity contribution in [1.82, 2.24) is 19.5 Å². The largest absolute Gasteiger partial charge is 0.333 e. The van der Waals surface area contributed by atoms with Crippen molar-refractivity contribution < 1.29 is 4.79 Å². The van der Waals surface area contributed by atoms with Crippen molar-refractivity contribution in [1.29, 1.82) is 0 Å². The predicted octanol–water partition coefficient (Wildman–Crippen LogP) is 4.07. The average Bonchev–Trinajstić information content (AvgIpc) is 3.04. The first-order valence-corrected chi connectivity index (χ1v) is 9.02. The zero-order valence-electron chi connectivity index (χ0n) is 13.2. The van der Waals surface area contributed by atoms with E-state index in [4.69, 9.17) is 11.6 Å². The lowest BCUT2D eigenvalue weighted by molar-refractivity contribution is 0.0766. The van der Waals surface area contributed by atoms with Crippen molar-refractivity contribution in [2.24, 2.45) is 0 Å². The second-order valence-electron chi connectivity index (χ2n) is 5.85. The molecular formula is C18H14BrClN4O. The van der Waals surface area contributed by atoms with Gasteiger partial charge in [0.25, 0.3) is 5.91 Å². The predicted molar refractivity (Wildman–Crippen MR) is 101 cm³/mol. The van der Waals surface area contributed by atoms with Crippen molar-refractivity contribution in [3.8, 4) is 0 Å². The molecule has 25 heavy (non-hydrogen) atoms. The zero-order valence-corrected chi connectivity index (χ0v) is 15.5. The molecule has 0 bridgehead atoms. The van der Waals surface area contributed by atoms with Crippen LogP contribution in [0.25, 0.3) is 11.2 Å². The first kappa shape index (κ1) is 16.3. The summed E-state index contributed by atoms with van der Waals surface area (Å²) in [7, 11) is 0. The molecule has 7 heteroatoms. The van der Waals surface area contributed by atoms with Gasteiger partial charge in [-0.05, 0) is 29.7 Å². The second kappa shape index (κ2) is 6.61. The maximum atomic E-state index is 12.7. The van der Waals surface area contributed by atoms with Gasteiger partial charge in [0.1, 0.15) is 0 Å². The van der Waals surface area contributed by atoms with Crippen LogP contribution < -0.4 is 0 Å². The van der Waals surface area contributed by atoms with Crippen LogP contribution in [0.2, 0.25) is 5.02 Å². The van der Waals surface area contributed by atoms with Crippen LogP contribution in [0, 0.1) is 0 Å². The van der Waals surface area contributed by atoms with Gasteiger partial charge in [-0.25, -0.2) is 9.50 Å². The highest BCUT2D eigenvalue weighted by Crippen LogP contribution is 2.25. The third-order valence-corrected chi connectivity index (χ3v) is 4.88. The standard InChI is InChI=1S/C18H14BrClN4O/c19-14-3-1-2-13(8-14)12-4-6-23(7-5-12)18(25)16-9-17-21-10-15(20)11-24(17)22-16/h1-4,8-11H,5-7H2. The van der Waals surface area contributed by atoms with Crippen LogP contribution in [0.3, 0.4) is 0 Å². The van der Waals surface area contributed by atoms with Gasteiger partial charge >= 0.3 is 0 Å². The second-order valence-corrected chi connectivity index (χ2v) is 7.20. The van der Waals surface area contributed by atoms with E-state index in [1.54, 1.807) is 23.4 Å². The van der Waals surface area contributed by atoms with Gasteiger partial charge in [-0.15, -0.1) is 0 Å². The van der Waals surface area contributed by atoms with E-state index in [9.17, 15) is 4.79 Å². The lowest BCUT2D eigenvalue weighted by Gasteiger charge is -2.26. The molecule has 0 radical (unpaired) electrons. The number of halogens is 2. The molecule has 2 aromatic heterocycles. The number of fused-ring (bicyclic) bond motifs is 1. The van der Waals surface area contributed by atoms with Crippen LogP contribution >= 0.6 is 27.5 Å². The van der Waals surface area contributed by atoms with Gasteiger partial charge < -0.3 is 4.90 Å². The number of rotatable bonds is 2. The van der Waals surface area contributed by atoms with Crippen LogP contribution in [0.4, 0.5) is 0 Å². The van der Waals surface area contributed by atoms with E-state index in [2.05, 4.69) is 44.2 Å². The van der Waals surface area contributed by atoms with Gasteiger partial charge in [0.15, 0.2) is 11.3 Å². The van der Waals surface area contributed by atoms with Crippen LogP contribution in [-0.2, 0) is 0 Å². The summed E-state index contributed by atoms with van der Waals surface area (Å²) in [4.78, 5) is 18.7. The van der Waals surface area contributed by atoms with E-state index in [0.29, 0.717) is 29.5 Å². The van der Waals surface area contributed by atoms with Crippen LogP contribution in [0.1, 0.15) is 22.5 Å². The molecule has 5 nitrogen and oxygen atoms in total. The Bertz CT molecular complexity index is 998. The number of benzene rings is 1. The molecule has 3 aromatic rings. The van der Waals surface area contributed by atoms with Crippen molar-refractivity contribution in [2.75, 3.05) is 13.1 Å². The molecule has 1 aromatic carbocycles. The van der Waals surface area contributed by atoms with Gasteiger partial charge in [0.05, 0.1) is 11.2 Å². The molecule has 0 fully saturated rings. The van der Waals surface area contributed by atoms with Crippen molar-refractivity contribution in [2.45, 2.75) is 6.42 Å². The summed E-state index contributed by atoms with van der Waals surface area (Å²) in [6.45, 7) is 1.24. The quantitative estimate of drug-likeness (QED) is 0.631. The Balaban J connectivity index is 1.53. The summed E-state index contributed by atoms with van der Waals surface area (Å²) in [5.41, 5.74) is 3.44. The molecule has 1 amide bonds. The lowest BCUT2D eigenvalue weighted by atomic mass is 9.99. The summed E-state index contributed by atoms with van der Waals surface area (Å²) in [5.74, 6) is -0.0915. The van der Waals surface area contributed by atoms with Crippen molar-refractivity contribution >= 4 is 44.7 Å². The first-order valence-electron chi connectivity index (χ1n) is 7.85. The number of amides is 1. The molecule has 0 saturated heterocycles. The molecule has 0 unspecified atom stereocenters. The molecule has 0 saturated carbocycles. The minimum Gasteiger partial charge on any atom is -0.333 e. The highest BCUT2D eigenvalue weighted by atomic mass is 79.9. The van der Waals surface area contributed by atoms with E-state index in [-0.39, 0.29) is 5.91 Å². The van der Waals surface area contributed by atoms with E-state index < -0.39 is 0 Å². The van der Waals surface area contributed by atoms with Crippen molar-refractivity contribution in [3.05, 3.63) is 69.6 Å². The van der Waals surface area contributed by atoms with Gasteiger partial charge in [0.2, 0.25) is 0 Å². The summed E-state index contributed by atoms with van der Waals surface area (Å²) in [6, 6.07) is 9.90. The summed E-state index contributed by atoms with van der Waals surface area (Å²) < 4.78 is 2.59. The highest BCUT2D eigenvalue weighted by molar-refractivity contribution is 9.10. The maximum Gasteiger partial charge on any atom is 0.274 e. The minimum atomic E-state index is -0.0915. The van der Waals surface area contributed by atoms with Gasteiger partial charge in [-0.3, -0.25) is 4.79 Å². The Morgan fingerprint density at radius 1 is 1.28 bits per heavy atom. The van der Waals surface area contributed by atoms with Gasteiger partial charge in [0, 0.05) is 29.8 Å². The normalized spacial score (nSPS) is 14.6. The Labute approximate surface area is 158 Å². The van der Waals surface area contributed by atoms with Crippen LogP contribution in [-0.4, -0.2) is 38.5 Å². The fourth-order valence-corrected chi connectivity index (χ4v) is 3.46. The molecule has 0 aliphatic carbocycles. The lowest BCUT2D eigenvalue weighted by Crippen LogP contribution is -2.34. The van der Waals surface area contributed by atoms with E-state index in [1.165, 1.54) is 15.7 Å². The Morgan fingerprint density at radius 3 is 2.92 bits per heavy atom. The van der Waals surface area contributed by atoms with Crippen molar-refractivity contribution in [3.63, 3.8) is 0 Å². The van der Waals surface area contributed by atoms with Gasteiger partial charge in [-0.1, -0.05) is 45.7 Å². The third-order valence-electron chi connectivity index (χ3n) is 4.19. The number of hydrogen-bond donors (Lipinski definition) is 0. The Kier molecular flexibility index (Phi) is 4.31. The maximum absolute atomic E-state index is 12.7. The van der Waals surface area contributed by atoms with Gasteiger partial charge in [-0.2, -0.15) is 5.10 Å². The first-order chi connectivity index (χ1) is 12.1. The topological polar surface area (TPSA) is 50.5 Å². The third kappa shape index (κ3) is 3.32. The van der Waals surface area contributed by atoms with Crippen LogP contribution in [0.15, 0.2) is 53.3 Å². The molecule has 4 rings (SSSR count). The molecule has 0 N–H and O–H groups in total. The average molecular weight is 418 g/mol. The number of carbonyl (C=O) groups is 1. The number of hydrogen-bond acceptors (Lipinski definition) is 3. The summed E-state index contributed by atoms with van der Waals surface area (Å²) in [5, 5.41) is 4.77. The fraction of sp³-hybridized carbons (Fsp3) is 0.167. The van der Waals surface area contributed by atoms with E-state index in [1.807, 2.05) is 12.1 Å². The number of nitrogens with zero attached hydrogens (tertiary/aromatic N) is 4. The molecule has 3 heterocycles. The number of aromatic nitrogens is 3. The minimum absolute atomic E-state index is 0.0915. The molecule has 126 valence electrons. The summed E-state index contributed by atoms with van der Waals surface area (Å²) >= 11 is 9.41. The highest BCUT2D eigenvalue weighted by Gasteiger charge is 2.22. The SMILES string of the molecule is O=C(c1cc2ncc(Cl)cn2n1)N1CC=C(c2cccc(Br)c2)CC1. The fourth-order valence-electron chi connectivity index (χ4n) is 2.92. The molecule has 0 spiro atoms. The Hall–Kier alpha value is -2.18. The molecular weight excluding hydrogens is 404 g/mol. The smallest absolute Gasteiger partial charge is 0.274 e. The molecule has 1 aliphatic rings. The Morgan fingerprint density at radius 2 is 2.16 bits per heavy atom. The van der Waals surface area contributed by atoms with E-state index >= 15 is 0 Å². The van der Waals surface area contributed by atoms with E-state index in [0.717, 1.165) is 10.9 Å². The molecule has 0 atom stereocenters. The summed E-state index contributed by atoms with van der Waals surface area (Å²) in [6.07, 6.45) is 6.11. The number of carbonyl (C=O) groups excluding carboxylic acids is 1. The molecule has 1 aliphatic heterocycles.